The average molecular weight is 303 g/mol. The highest BCUT2D eigenvalue weighted by molar-refractivity contribution is 6.17. The molecule has 1 aromatic carbocycles. The Hall–Kier alpha value is -2.20. The Morgan fingerprint density at radius 3 is 2.71 bits per heavy atom. The molecule has 5 heteroatoms. The van der Waals surface area contributed by atoms with Gasteiger partial charge in [0, 0.05) is 11.8 Å². The van der Waals surface area contributed by atoms with Crippen LogP contribution in [0.2, 0.25) is 0 Å². The van der Waals surface area contributed by atoms with Gasteiger partial charge in [-0.05, 0) is 30.3 Å². The molecular formula is C16H15ClN2O2. The lowest BCUT2D eigenvalue weighted by Crippen LogP contribution is -1.94. The van der Waals surface area contributed by atoms with Crippen LogP contribution in [0.4, 0.5) is 0 Å². The van der Waals surface area contributed by atoms with Crippen LogP contribution < -0.4 is 9.47 Å². The van der Waals surface area contributed by atoms with Crippen LogP contribution in [0.25, 0.3) is 16.9 Å². The van der Waals surface area contributed by atoms with E-state index in [-0.39, 0.29) is 0 Å². The number of benzene rings is 1. The Morgan fingerprint density at radius 1 is 1.14 bits per heavy atom. The minimum atomic E-state index is 0.362. The minimum absolute atomic E-state index is 0.362. The summed E-state index contributed by atoms with van der Waals surface area (Å²) < 4.78 is 12.7. The van der Waals surface area contributed by atoms with E-state index in [0.717, 1.165) is 34.1 Å². The number of alkyl halides is 1. The fraction of sp³-hybridized carbons (Fsp3) is 0.188. The molecule has 0 aliphatic carbocycles. The molecule has 0 saturated heterocycles. The number of imidazole rings is 1. The zero-order valence-electron chi connectivity index (χ0n) is 11.8. The maximum Gasteiger partial charge on any atom is 0.137 e. The van der Waals surface area contributed by atoms with E-state index in [4.69, 9.17) is 21.1 Å². The maximum absolute atomic E-state index is 6.14. The summed E-state index contributed by atoms with van der Waals surface area (Å²) in [6.07, 6.45) is 1.95. The smallest absolute Gasteiger partial charge is 0.137 e. The summed E-state index contributed by atoms with van der Waals surface area (Å²) in [4.78, 5) is 4.68. The van der Waals surface area contributed by atoms with Crippen molar-refractivity contribution in [3.63, 3.8) is 0 Å². The predicted molar refractivity (Wildman–Crippen MR) is 83.3 cm³/mol. The molecule has 0 bridgehead atoms. The van der Waals surface area contributed by atoms with Gasteiger partial charge >= 0.3 is 0 Å². The fourth-order valence-corrected chi connectivity index (χ4v) is 2.64. The number of rotatable bonds is 4. The molecule has 2 heterocycles. The summed E-state index contributed by atoms with van der Waals surface area (Å²) in [6.45, 7) is 0. The average Bonchev–Trinajstić information content (AvgIpc) is 2.92. The molecule has 2 aromatic heterocycles. The van der Waals surface area contributed by atoms with Crippen molar-refractivity contribution in [3.8, 4) is 22.8 Å². The number of aromatic nitrogens is 2. The number of methoxy groups -OCH3 is 2. The number of pyridine rings is 1. The molecule has 3 aromatic rings. The molecule has 0 atom stereocenters. The van der Waals surface area contributed by atoms with E-state index < -0.39 is 0 Å². The third-order valence-electron chi connectivity index (χ3n) is 3.42. The summed E-state index contributed by atoms with van der Waals surface area (Å²) in [5.74, 6) is 1.86. The van der Waals surface area contributed by atoms with Crippen LogP contribution >= 0.6 is 11.6 Å². The van der Waals surface area contributed by atoms with Crippen molar-refractivity contribution in [2.24, 2.45) is 0 Å². The van der Waals surface area contributed by atoms with Crippen LogP contribution in [0.15, 0.2) is 42.6 Å². The molecule has 0 unspecified atom stereocenters. The zero-order chi connectivity index (χ0) is 14.8. The van der Waals surface area contributed by atoms with Crippen molar-refractivity contribution in [3.05, 3.63) is 48.3 Å². The van der Waals surface area contributed by atoms with Gasteiger partial charge in [0.15, 0.2) is 0 Å². The molecule has 4 nitrogen and oxygen atoms in total. The van der Waals surface area contributed by atoms with E-state index in [1.54, 1.807) is 14.2 Å². The van der Waals surface area contributed by atoms with Crippen molar-refractivity contribution in [1.29, 1.82) is 0 Å². The van der Waals surface area contributed by atoms with Crippen LogP contribution in [0.3, 0.4) is 0 Å². The number of ether oxygens (including phenoxy) is 2. The van der Waals surface area contributed by atoms with Gasteiger partial charge in [0.25, 0.3) is 0 Å². The van der Waals surface area contributed by atoms with Crippen LogP contribution in [0.1, 0.15) is 5.69 Å². The molecule has 0 spiro atoms. The van der Waals surface area contributed by atoms with E-state index in [1.165, 1.54) is 0 Å². The van der Waals surface area contributed by atoms with Gasteiger partial charge in [0.2, 0.25) is 0 Å². The van der Waals surface area contributed by atoms with Crippen LogP contribution in [0.5, 0.6) is 11.5 Å². The van der Waals surface area contributed by atoms with Gasteiger partial charge in [0.05, 0.1) is 31.5 Å². The maximum atomic E-state index is 6.14. The normalized spacial score (nSPS) is 10.8. The summed E-state index contributed by atoms with van der Waals surface area (Å²) in [5.41, 5.74) is 3.47. The van der Waals surface area contributed by atoms with E-state index in [9.17, 15) is 0 Å². The monoisotopic (exact) mass is 302 g/mol. The third-order valence-corrected chi connectivity index (χ3v) is 3.67. The van der Waals surface area contributed by atoms with Gasteiger partial charge in [0.1, 0.15) is 17.1 Å². The first-order chi connectivity index (χ1) is 10.3. The Balaban J connectivity index is 2.29. The Kier molecular flexibility index (Phi) is 3.71. The predicted octanol–water partition coefficient (Wildman–Crippen LogP) is 3.76. The first kappa shape index (κ1) is 13.8. The van der Waals surface area contributed by atoms with Crippen LogP contribution in [0, 0.1) is 0 Å². The van der Waals surface area contributed by atoms with Gasteiger partial charge in [-0.1, -0.05) is 6.07 Å². The Bertz CT molecular complexity index is 783. The number of hydrogen-bond acceptors (Lipinski definition) is 3. The molecule has 0 N–H and O–H groups in total. The van der Waals surface area contributed by atoms with Crippen molar-refractivity contribution in [2.75, 3.05) is 14.2 Å². The second-order valence-corrected chi connectivity index (χ2v) is 4.80. The number of halogens is 1. The zero-order valence-corrected chi connectivity index (χ0v) is 12.6. The largest absolute Gasteiger partial charge is 0.497 e. The molecule has 21 heavy (non-hydrogen) atoms. The summed E-state index contributed by atoms with van der Waals surface area (Å²) in [7, 11) is 3.28. The topological polar surface area (TPSA) is 35.8 Å². The molecule has 0 amide bonds. The number of hydrogen-bond donors (Lipinski definition) is 0. The summed E-state index contributed by atoms with van der Waals surface area (Å²) in [6, 6.07) is 11.5. The van der Waals surface area contributed by atoms with Gasteiger partial charge in [-0.3, -0.25) is 0 Å². The van der Waals surface area contributed by atoms with Crippen LogP contribution in [-0.4, -0.2) is 23.6 Å². The van der Waals surface area contributed by atoms with Gasteiger partial charge in [-0.15, -0.1) is 11.6 Å². The Labute approximate surface area is 127 Å². The molecule has 108 valence electrons. The third kappa shape index (κ3) is 2.32. The molecule has 3 rings (SSSR count). The van der Waals surface area contributed by atoms with Crippen molar-refractivity contribution < 1.29 is 9.47 Å². The molecule has 0 radical (unpaired) electrons. The number of nitrogens with zero attached hydrogens (tertiary/aromatic N) is 2. The summed E-state index contributed by atoms with van der Waals surface area (Å²) in [5, 5.41) is 0. The van der Waals surface area contributed by atoms with Crippen molar-refractivity contribution in [1.82, 2.24) is 9.38 Å². The van der Waals surface area contributed by atoms with Crippen LogP contribution in [-0.2, 0) is 5.88 Å². The van der Waals surface area contributed by atoms with E-state index in [1.807, 2.05) is 47.0 Å². The van der Waals surface area contributed by atoms with Crippen molar-refractivity contribution >= 4 is 17.2 Å². The van der Waals surface area contributed by atoms with E-state index in [2.05, 4.69) is 4.98 Å². The molecule has 0 aliphatic rings. The van der Waals surface area contributed by atoms with E-state index >= 15 is 0 Å². The molecule has 0 fully saturated rings. The van der Waals surface area contributed by atoms with Gasteiger partial charge in [-0.2, -0.15) is 0 Å². The highest BCUT2D eigenvalue weighted by Crippen LogP contribution is 2.35. The van der Waals surface area contributed by atoms with E-state index in [0.29, 0.717) is 5.88 Å². The second kappa shape index (κ2) is 5.66. The quantitative estimate of drug-likeness (QED) is 0.688. The molecule has 0 saturated carbocycles. The Morgan fingerprint density at radius 2 is 2.00 bits per heavy atom. The van der Waals surface area contributed by atoms with Gasteiger partial charge in [-0.25, -0.2) is 4.98 Å². The standard InChI is InChI=1S/C16H15ClN2O2/c1-20-11-6-7-14(21-2)12(9-11)16-13(10-17)19-8-4-3-5-15(19)18-16/h3-9H,10H2,1-2H3. The SMILES string of the molecule is COc1ccc(OC)c(-c2nc3ccccn3c2CCl)c1. The minimum Gasteiger partial charge on any atom is -0.497 e. The van der Waals surface area contributed by atoms with Gasteiger partial charge < -0.3 is 13.9 Å². The number of fused-ring (bicyclic) bond motifs is 1. The molecular weight excluding hydrogens is 288 g/mol. The first-order valence-corrected chi connectivity index (χ1v) is 7.06. The van der Waals surface area contributed by atoms with Crippen molar-refractivity contribution in [2.45, 2.75) is 5.88 Å². The lowest BCUT2D eigenvalue weighted by Gasteiger charge is -2.10. The lowest BCUT2D eigenvalue weighted by atomic mass is 10.1. The highest BCUT2D eigenvalue weighted by Gasteiger charge is 2.17. The highest BCUT2D eigenvalue weighted by atomic mass is 35.5. The first-order valence-electron chi connectivity index (χ1n) is 6.52. The lowest BCUT2D eigenvalue weighted by molar-refractivity contribution is 0.404. The second-order valence-electron chi connectivity index (χ2n) is 4.54. The molecule has 0 aliphatic heterocycles. The summed E-state index contributed by atoms with van der Waals surface area (Å²) >= 11 is 6.14. The fourth-order valence-electron chi connectivity index (χ4n) is 2.39.